The van der Waals surface area contributed by atoms with Crippen molar-refractivity contribution in [1.82, 2.24) is 8.61 Å². The first-order valence-corrected chi connectivity index (χ1v) is 13.5. The lowest BCUT2D eigenvalue weighted by Crippen LogP contribution is -2.59. The van der Waals surface area contributed by atoms with E-state index in [0.717, 1.165) is 0 Å². The number of hydrogen-bond acceptors (Lipinski definition) is 6. The Morgan fingerprint density at radius 3 is 1.28 bits per heavy atom. The number of benzene rings is 2. The third-order valence-electron chi connectivity index (χ3n) is 5.35. The zero-order valence-corrected chi connectivity index (χ0v) is 20.4. The number of ether oxygens (including phenoxy) is 2. The van der Waals surface area contributed by atoms with E-state index in [9.17, 15) is 16.8 Å². The fourth-order valence-corrected chi connectivity index (χ4v) is 7.16. The van der Waals surface area contributed by atoms with Gasteiger partial charge in [-0.05, 0) is 76.2 Å². The Balaban J connectivity index is 1.81. The quantitative estimate of drug-likeness (QED) is 0.574. The molecule has 10 heteroatoms. The lowest BCUT2D eigenvalue weighted by Gasteiger charge is -2.42. The minimum Gasteiger partial charge on any atom is -0.494 e. The minimum atomic E-state index is -3.78. The van der Waals surface area contributed by atoms with Gasteiger partial charge in [0, 0.05) is 25.2 Å². The van der Waals surface area contributed by atoms with Gasteiger partial charge in [0.05, 0.1) is 23.0 Å². The van der Waals surface area contributed by atoms with E-state index in [1.54, 1.807) is 38.1 Å². The summed E-state index contributed by atoms with van der Waals surface area (Å²) in [5.74, 6) is 1.19. The first-order valence-electron chi connectivity index (χ1n) is 10.6. The third kappa shape index (κ3) is 4.93. The van der Waals surface area contributed by atoms with Gasteiger partial charge in [-0.1, -0.05) is 0 Å². The highest BCUT2D eigenvalue weighted by molar-refractivity contribution is 7.89. The lowest BCUT2D eigenvalue weighted by atomic mass is 10.2. The fraction of sp³-hybridized carbons (Fsp3) is 0.455. The summed E-state index contributed by atoms with van der Waals surface area (Å²) in [5.41, 5.74) is 0. The van der Waals surface area contributed by atoms with E-state index in [1.807, 2.05) is 13.8 Å². The molecule has 0 spiro atoms. The van der Waals surface area contributed by atoms with Gasteiger partial charge < -0.3 is 9.47 Å². The smallest absolute Gasteiger partial charge is 0.243 e. The van der Waals surface area contributed by atoms with Gasteiger partial charge in [0.1, 0.15) is 11.5 Å². The third-order valence-corrected chi connectivity index (χ3v) is 9.34. The number of hydrogen-bond donors (Lipinski definition) is 0. The maximum Gasteiger partial charge on any atom is 0.243 e. The molecule has 1 heterocycles. The highest BCUT2D eigenvalue weighted by Crippen LogP contribution is 2.29. The molecular formula is C22H30N2O6S2. The Kier molecular flexibility index (Phi) is 7.49. The van der Waals surface area contributed by atoms with E-state index in [-0.39, 0.29) is 22.9 Å². The monoisotopic (exact) mass is 482 g/mol. The van der Waals surface area contributed by atoms with E-state index >= 15 is 0 Å². The maximum atomic E-state index is 13.2. The highest BCUT2D eigenvalue weighted by Gasteiger charge is 2.41. The Morgan fingerprint density at radius 2 is 1.00 bits per heavy atom. The zero-order valence-electron chi connectivity index (χ0n) is 18.8. The van der Waals surface area contributed by atoms with Gasteiger partial charge in [-0.3, -0.25) is 0 Å². The van der Waals surface area contributed by atoms with Crippen LogP contribution < -0.4 is 9.47 Å². The molecule has 0 bridgehead atoms. The molecule has 1 aliphatic heterocycles. The summed E-state index contributed by atoms with van der Waals surface area (Å²) >= 11 is 0. The van der Waals surface area contributed by atoms with Crippen LogP contribution in [0.2, 0.25) is 0 Å². The van der Waals surface area contributed by atoms with Crippen LogP contribution in [0, 0.1) is 0 Å². The molecule has 32 heavy (non-hydrogen) atoms. The van der Waals surface area contributed by atoms with Gasteiger partial charge in [-0.2, -0.15) is 8.61 Å². The molecule has 1 fully saturated rings. The largest absolute Gasteiger partial charge is 0.494 e. The molecule has 8 nitrogen and oxygen atoms in total. The molecule has 0 amide bonds. The summed E-state index contributed by atoms with van der Waals surface area (Å²) in [6, 6.07) is 11.5. The molecule has 2 aromatic carbocycles. The second-order valence-corrected chi connectivity index (χ2v) is 11.4. The van der Waals surface area contributed by atoms with Gasteiger partial charge >= 0.3 is 0 Å². The topological polar surface area (TPSA) is 93.2 Å². The molecule has 0 aliphatic carbocycles. The molecule has 1 aliphatic rings. The molecular weight excluding hydrogens is 452 g/mol. The summed E-state index contributed by atoms with van der Waals surface area (Å²) in [5, 5.41) is 0. The molecule has 2 aromatic rings. The Morgan fingerprint density at radius 1 is 0.688 bits per heavy atom. The predicted molar refractivity (Wildman–Crippen MR) is 122 cm³/mol. The molecule has 176 valence electrons. The van der Waals surface area contributed by atoms with E-state index in [4.69, 9.17) is 9.47 Å². The first kappa shape index (κ1) is 24.5. The number of piperazine rings is 1. The molecule has 0 unspecified atom stereocenters. The summed E-state index contributed by atoms with van der Waals surface area (Å²) in [6.45, 7) is 8.26. The second kappa shape index (κ2) is 9.78. The van der Waals surface area contributed by atoms with E-state index < -0.39 is 32.1 Å². The molecule has 0 N–H and O–H groups in total. The van der Waals surface area contributed by atoms with Gasteiger partial charge in [0.2, 0.25) is 20.0 Å². The van der Waals surface area contributed by atoms with Crippen molar-refractivity contribution in [3.05, 3.63) is 48.5 Å². The van der Waals surface area contributed by atoms with Crippen molar-refractivity contribution in [2.45, 2.75) is 49.6 Å². The van der Waals surface area contributed by atoms with Crippen LogP contribution in [0.4, 0.5) is 0 Å². The van der Waals surface area contributed by atoms with Crippen LogP contribution in [0.3, 0.4) is 0 Å². The van der Waals surface area contributed by atoms with Crippen molar-refractivity contribution in [3.63, 3.8) is 0 Å². The van der Waals surface area contributed by atoms with Crippen molar-refractivity contribution in [1.29, 1.82) is 0 Å². The van der Waals surface area contributed by atoms with Gasteiger partial charge in [0.15, 0.2) is 0 Å². The number of nitrogens with zero attached hydrogens (tertiary/aromatic N) is 2. The number of rotatable bonds is 8. The van der Waals surface area contributed by atoms with Crippen molar-refractivity contribution >= 4 is 20.0 Å². The fourth-order valence-electron chi connectivity index (χ4n) is 3.75. The lowest BCUT2D eigenvalue weighted by molar-refractivity contribution is 0.163. The number of sulfonamides is 2. The van der Waals surface area contributed by atoms with E-state index in [1.165, 1.54) is 32.9 Å². The maximum absolute atomic E-state index is 13.2. The standard InChI is InChI=1S/C22H30N2O6S2/c1-5-29-19-7-11-21(12-8-19)31(25,26)23-15-18(4)24(16-17(23)3)32(27,28)22-13-9-20(10-14-22)30-6-2/h7-14,17-18H,5-6,15-16H2,1-4H3/t17-,18-/m1/s1. The van der Waals surface area contributed by atoms with Crippen LogP contribution in [0.15, 0.2) is 58.3 Å². The van der Waals surface area contributed by atoms with Crippen molar-refractivity contribution < 1.29 is 26.3 Å². The predicted octanol–water partition coefficient (Wildman–Crippen LogP) is 2.96. The molecule has 0 aromatic heterocycles. The molecule has 0 saturated carbocycles. The van der Waals surface area contributed by atoms with Crippen LogP contribution in [-0.2, 0) is 20.0 Å². The van der Waals surface area contributed by atoms with Crippen LogP contribution in [0.5, 0.6) is 11.5 Å². The van der Waals surface area contributed by atoms with Crippen molar-refractivity contribution in [2.24, 2.45) is 0 Å². The summed E-state index contributed by atoms with van der Waals surface area (Å²) in [6.07, 6.45) is 0. The van der Waals surface area contributed by atoms with Crippen LogP contribution in [0.1, 0.15) is 27.7 Å². The summed E-state index contributed by atoms with van der Waals surface area (Å²) in [7, 11) is -7.56. The zero-order chi connectivity index (χ0) is 23.5. The van der Waals surface area contributed by atoms with Crippen LogP contribution in [0.25, 0.3) is 0 Å². The Labute approximate surface area is 190 Å². The minimum absolute atomic E-state index is 0.0625. The average Bonchev–Trinajstić information content (AvgIpc) is 2.76. The summed E-state index contributed by atoms with van der Waals surface area (Å²) < 4.78 is 66.5. The SMILES string of the molecule is CCOc1ccc(S(=O)(=O)N2C[C@@H](C)N(S(=O)(=O)c3ccc(OCC)cc3)C[C@H]2C)cc1. The van der Waals surface area contributed by atoms with Crippen LogP contribution in [-0.4, -0.2) is 63.8 Å². The molecule has 2 atom stereocenters. The average molecular weight is 483 g/mol. The Hall–Kier alpha value is -2.14. The van der Waals surface area contributed by atoms with Gasteiger partial charge in [0.25, 0.3) is 0 Å². The van der Waals surface area contributed by atoms with Gasteiger partial charge in [-0.15, -0.1) is 0 Å². The normalized spacial score (nSPS) is 20.8. The van der Waals surface area contributed by atoms with Gasteiger partial charge in [-0.25, -0.2) is 16.8 Å². The molecule has 3 rings (SSSR count). The van der Waals surface area contributed by atoms with E-state index in [2.05, 4.69) is 0 Å². The van der Waals surface area contributed by atoms with Crippen molar-refractivity contribution in [2.75, 3.05) is 26.3 Å². The van der Waals surface area contributed by atoms with Crippen LogP contribution >= 0.6 is 0 Å². The highest BCUT2D eigenvalue weighted by atomic mass is 32.2. The van der Waals surface area contributed by atoms with E-state index in [0.29, 0.717) is 24.7 Å². The molecule has 1 saturated heterocycles. The second-order valence-electron chi connectivity index (χ2n) is 7.66. The summed E-state index contributed by atoms with van der Waals surface area (Å²) in [4.78, 5) is 0.311. The molecule has 0 radical (unpaired) electrons. The Bertz CT molecular complexity index is 1020. The first-order chi connectivity index (χ1) is 15.1. The van der Waals surface area contributed by atoms with Crippen molar-refractivity contribution in [3.8, 4) is 11.5 Å².